The third kappa shape index (κ3) is 8.95. The van der Waals surface area contributed by atoms with Crippen LogP contribution < -0.4 is 20.7 Å². The molecule has 3 N–H and O–H groups in total. The van der Waals surface area contributed by atoms with Crippen molar-refractivity contribution in [2.24, 2.45) is 4.99 Å². The fraction of sp³-hybridized carbons (Fsp3) is 0.524. The van der Waals surface area contributed by atoms with E-state index in [1.165, 1.54) is 19.3 Å². The molecule has 0 aromatic heterocycles. The average molecular weight is 500 g/mol. The molecule has 6 nitrogen and oxygen atoms in total. The lowest BCUT2D eigenvalue weighted by atomic mass is 9.95. The first-order valence-electron chi connectivity index (χ1n) is 9.86. The molecule has 0 radical (unpaired) electrons. The van der Waals surface area contributed by atoms with Crippen LogP contribution in [0.3, 0.4) is 0 Å². The SMILES string of the molecule is C=CCOc1ccccc1CN=C(NCC)NCC(=O)NC1CCCCC1.I. The van der Waals surface area contributed by atoms with Crippen LogP contribution in [0.1, 0.15) is 44.6 Å². The van der Waals surface area contributed by atoms with E-state index in [0.29, 0.717) is 25.2 Å². The van der Waals surface area contributed by atoms with E-state index in [9.17, 15) is 4.79 Å². The number of ether oxygens (including phenoxy) is 1. The Labute approximate surface area is 185 Å². The van der Waals surface area contributed by atoms with Crippen molar-refractivity contribution in [1.82, 2.24) is 16.0 Å². The Morgan fingerprint density at radius 2 is 2.00 bits per heavy atom. The molecule has 0 atom stereocenters. The van der Waals surface area contributed by atoms with Crippen LogP contribution >= 0.6 is 24.0 Å². The molecule has 0 spiro atoms. The summed E-state index contributed by atoms with van der Waals surface area (Å²) in [5.74, 6) is 1.43. The largest absolute Gasteiger partial charge is 0.489 e. The molecule has 1 aromatic carbocycles. The second-order valence-corrected chi connectivity index (χ2v) is 6.66. The summed E-state index contributed by atoms with van der Waals surface area (Å²) in [6, 6.07) is 8.13. The topological polar surface area (TPSA) is 74.8 Å². The van der Waals surface area contributed by atoms with Gasteiger partial charge in [0.2, 0.25) is 5.91 Å². The van der Waals surface area contributed by atoms with E-state index in [1.807, 2.05) is 31.2 Å². The van der Waals surface area contributed by atoms with Gasteiger partial charge in [-0.05, 0) is 25.8 Å². The molecule has 1 aliphatic carbocycles. The summed E-state index contributed by atoms with van der Waals surface area (Å²) in [6.07, 6.45) is 7.57. The Balaban J connectivity index is 0.00000392. The molecule has 1 amide bonds. The molecule has 0 bridgehead atoms. The fourth-order valence-electron chi connectivity index (χ4n) is 3.12. The van der Waals surface area contributed by atoms with E-state index in [1.54, 1.807) is 6.08 Å². The summed E-state index contributed by atoms with van der Waals surface area (Å²) in [5.41, 5.74) is 0.989. The molecular formula is C21H33IN4O2. The molecule has 28 heavy (non-hydrogen) atoms. The Bertz CT molecular complexity index is 631. The maximum atomic E-state index is 12.2. The van der Waals surface area contributed by atoms with E-state index in [0.717, 1.165) is 30.7 Å². The van der Waals surface area contributed by atoms with Gasteiger partial charge in [-0.25, -0.2) is 4.99 Å². The second kappa shape index (κ2) is 14.3. The third-order valence-corrected chi connectivity index (χ3v) is 4.47. The Kier molecular flexibility index (Phi) is 12.4. The highest BCUT2D eigenvalue weighted by Crippen LogP contribution is 2.19. The van der Waals surface area contributed by atoms with Crippen LogP contribution in [0.15, 0.2) is 41.9 Å². The fourth-order valence-corrected chi connectivity index (χ4v) is 3.12. The number of hydrogen-bond donors (Lipinski definition) is 3. The molecule has 0 saturated heterocycles. The number of carbonyl (C=O) groups excluding carboxylic acids is 1. The van der Waals surface area contributed by atoms with Crippen LogP contribution in [-0.2, 0) is 11.3 Å². The van der Waals surface area contributed by atoms with Crippen molar-refractivity contribution in [2.75, 3.05) is 19.7 Å². The van der Waals surface area contributed by atoms with E-state index in [2.05, 4.69) is 27.5 Å². The van der Waals surface area contributed by atoms with Crippen molar-refractivity contribution >= 4 is 35.8 Å². The van der Waals surface area contributed by atoms with Crippen molar-refractivity contribution < 1.29 is 9.53 Å². The molecular weight excluding hydrogens is 467 g/mol. The monoisotopic (exact) mass is 500 g/mol. The number of nitrogens with zero attached hydrogens (tertiary/aromatic N) is 1. The van der Waals surface area contributed by atoms with Crippen LogP contribution in [0.4, 0.5) is 0 Å². The first kappa shape index (κ1) is 24.3. The first-order valence-corrected chi connectivity index (χ1v) is 9.86. The third-order valence-electron chi connectivity index (χ3n) is 4.47. The van der Waals surface area contributed by atoms with Gasteiger partial charge >= 0.3 is 0 Å². The van der Waals surface area contributed by atoms with Gasteiger partial charge in [0, 0.05) is 18.2 Å². The van der Waals surface area contributed by atoms with Gasteiger partial charge in [-0.3, -0.25) is 4.79 Å². The summed E-state index contributed by atoms with van der Waals surface area (Å²) in [6.45, 7) is 7.55. The van der Waals surface area contributed by atoms with E-state index < -0.39 is 0 Å². The number of rotatable bonds is 9. The van der Waals surface area contributed by atoms with Gasteiger partial charge in [0.1, 0.15) is 12.4 Å². The lowest BCUT2D eigenvalue weighted by Crippen LogP contribution is -2.46. The lowest BCUT2D eigenvalue weighted by molar-refractivity contribution is -0.120. The maximum Gasteiger partial charge on any atom is 0.239 e. The zero-order valence-corrected chi connectivity index (χ0v) is 19.0. The standard InChI is InChI=1S/C21H32N4O2.HI/c1-3-14-27-19-13-9-8-10-17(19)15-23-21(22-4-2)24-16-20(26)25-18-11-6-5-7-12-18;/h3,8-10,13,18H,1,4-7,11-12,14-16H2,2H3,(H,25,26)(H2,22,23,24);1H. The normalized spacial score (nSPS) is 14.5. The highest BCUT2D eigenvalue weighted by Gasteiger charge is 2.15. The second-order valence-electron chi connectivity index (χ2n) is 6.66. The van der Waals surface area contributed by atoms with Gasteiger partial charge in [-0.15, -0.1) is 24.0 Å². The van der Waals surface area contributed by atoms with Crippen molar-refractivity contribution in [3.8, 4) is 5.75 Å². The molecule has 0 heterocycles. The van der Waals surface area contributed by atoms with Crippen molar-refractivity contribution in [3.05, 3.63) is 42.5 Å². The molecule has 1 saturated carbocycles. The number of amides is 1. The molecule has 2 rings (SSSR count). The number of para-hydroxylation sites is 1. The summed E-state index contributed by atoms with van der Waals surface area (Å²) >= 11 is 0. The van der Waals surface area contributed by atoms with Crippen LogP contribution in [0.2, 0.25) is 0 Å². The Morgan fingerprint density at radius 1 is 1.25 bits per heavy atom. The maximum absolute atomic E-state index is 12.2. The van der Waals surface area contributed by atoms with Gasteiger partial charge in [0.25, 0.3) is 0 Å². The minimum atomic E-state index is 0. The molecule has 1 aliphatic rings. The lowest BCUT2D eigenvalue weighted by Gasteiger charge is -2.23. The molecule has 0 aliphatic heterocycles. The van der Waals surface area contributed by atoms with Gasteiger partial charge in [0.05, 0.1) is 13.1 Å². The smallest absolute Gasteiger partial charge is 0.239 e. The zero-order valence-electron chi connectivity index (χ0n) is 16.7. The van der Waals surface area contributed by atoms with Gasteiger partial charge in [0.15, 0.2) is 5.96 Å². The predicted octanol–water partition coefficient (Wildman–Crippen LogP) is 3.37. The molecule has 0 unspecified atom stereocenters. The molecule has 1 fully saturated rings. The number of benzene rings is 1. The summed E-state index contributed by atoms with van der Waals surface area (Å²) < 4.78 is 5.67. The predicted molar refractivity (Wildman–Crippen MR) is 125 cm³/mol. The molecule has 1 aromatic rings. The number of hydrogen-bond acceptors (Lipinski definition) is 3. The van der Waals surface area contributed by atoms with Crippen molar-refractivity contribution in [1.29, 1.82) is 0 Å². The van der Waals surface area contributed by atoms with Crippen molar-refractivity contribution in [2.45, 2.75) is 51.6 Å². The van der Waals surface area contributed by atoms with E-state index >= 15 is 0 Å². The minimum Gasteiger partial charge on any atom is -0.489 e. The Hall–Kier alpha value is -1.77. The number of nitrogens with one attached hydrogen (secondary N) is 3. The van der Waals surface area contributed by atoms with E-state index in [4.69, 9.17) is 4.74 Å². The first-order chi connectivity index (χ1) is 13.2. The average Bonchev–Trinajstić information content (AvgIpc) is 2.70. The number of aliphatic imine (C=N–C) groups is 1. The quantitative estimate of drug-likeness (QED) is 0.211. The van der Waals surface area contributed by atoms with Crippen molar-refractivity contribution in [3.63, 3.8) is 0 Å². The number of halogens is 1. The number of guanidine groups is 1. The highest BCUT2D eigenvalue weighted by molar-refractivity contribution is 14.0. The Morgan fingerprint density at radius 3 is 2.71 bits per heavy atom. The van der Waals surface area contributed by atoms with Crippen LogP contribution in [0, 0.1) is 0 Å². The van der Waals surface area contributed by atoms with E-state index in [-0.39, 0.29) is 36.4 Å². The van der Waals surface area contributed by atoms with Crippen LogP contribution in [0.5, 0.6) is 5.75 Å². The zero-order chi connectivity index (χ0) is 19.3. The summed E-state index contributed by atoms with van der Waals surface area (Å²) in [4.78, 5) is 16.8. The number of carbonyl (C=O) groups is 1. The molecule has 7 heteroatoms. The van der Waals surface area contributed by atoms with Gasteiger partial charge < -0.3 is 20.7 Å². The van der Waals surface area contributed by atoms with Crippen LogP contribution in [0.25, 0.3) is 0 Å². The van der Waals surface area contributed by atoms with Crippen LogP contribution in [-0.4, -0.2) is 37.6 Å². The summed E-state index contributed by atoms with van der Waals surface area (Å²) in [7, 11) is 0. The highest BCUT2D eigenvalue weighted by atomic mass is 127. The minimum absolute atomic E-state index is 0. The summed E-state index contributed by atoms with van der Waals surface area (Å²) in [5, 5.41) is 9.40. The van der Waals surface area contributed by atoms with Gasteiger partial charge in [-0.2, -0.15) is 0 Å². The van der Waals surface area contributed by atoms with Gasteiger partial charge in [-0.1, -0.05) is 50.1 Å². The molecule has 156 valence electrons.